The Morgan fingerprint density at radius 2 is 1.92 bits per heavy atom. The molecule has 0 bridgehead atoms. The highest BCUT2D eigenvalue weighted by molar-refractivity contribution is 5.80. The number of alkyl halides is 3. The SMILES string of the molecule is CN=C(NCCN(C)CC(F)(F)F)NC(C)c1ccc(F)c(F)c1. The van der Waals surface area contributed by atoms with Gasteiger partial charge in [0.05, 0.1) is 12.6 Å². The lowest BCUT2D eigenvalue weighted by Gasteiger charge is -2.21. The van der Waals surface area contributed by atoms with Crippen molar-refractivity contribution < 1.29 is 22.0 Å². The topological polar surface area (TPSA) is 39.7 Å². The van der Waals surface area contributed by atoms with Gasteiger partial charge in [0.25, 0.3) is 0 Å². The van der Waals surface area contributed by atoms with E-state index in [1.807, 2.05) is 0 Å². The molecule has 0 aliphatic heterocycles. The second kappa shape index (κ2) is 8.81. The Morgan fingerprint density at radius 1 is 1.25 bits per heavy atom. The largest absolute Gasteiger partial charge is 0.401 e. The number of rotatable bonds is 6. The van der Waals surface area contributed by atoms with E-state index in [4.69, 9.17) is 0 Å². The Hall–Kier alpha value is -1.90. The Labute approximate surface area is 137 Å². The molecule has 0 fully saturated rings. The van der Waals surface area contributed by atoms with Crippen molar-refractivity contribution in [3.63, 3.8) is 0 Å². The van der Waals surface area contributed by atoms with Crippen molar-refractivity contribution in [2.24, 2.45) is 4.99 Å². The molecule has 2 N–H and O–H groups in total. The number of guanidine groups is 1. The molecule has 0 aromatic heterocycles. The third-order valence-corrected chi connectivity index (χ3v) is 3.26. The monoisotopic (exact) mass is 352 g/mol. The van der Waals surface area contributed by atoms with Gasteiger partial charge in [0, 0.05) is 20.1 Å². The molecule has 136 valence electrons. The summed E-state index contributed by atoms with van der Waals surface area (Å²) in [6.45, 7) is 1.15. The maximum Gasteiger partial charge on any atom is 0.401 e. The summed E-state index contributed by atoms with van der Waals surface area (Å²) in [5.74, 6) is -1.52. The second-order valence-electron chi connectivity index (χ2n) is 5.39. The molecule has 0 saturated carbocycles. The zero-order valence-electron chi connectivity index (χ0n) is 13.7. The van der Waals surface area contributed by atoms with Crippen LogP contribution >= 0.6 is 0 Å². The van der Waals surface area contributed by atoms with E-state index >= 15 is 0 Å². The minimum atomic E-state index is -4.24. The zero-order chi connectivity index (χ0) is 18.3. The lowest BCUT2D eigenvalue weighted by atomic mass is 10.1. The van der Waals surface area contributed by atoms with Crippen LogP contribution in [0.15, 0.2) is 23.2 Å². The fraction of sp³-hybridized carbons (Fsp3) is 0.533. The average Bonchev–Trinajstić information content (AvgIpc) is 2.46. The number of likely N-dealkylation sites (N-methyl/N-ethyl adjacent to an activating group) is 1. The van der Waals surface area contributed by atoms with Crippen molar-refractivity contribution in [2.75, 3.05) is 33.7 Å². The molecular weight excluding hydrogens is 331 g/mol. The van der Waals surface area contributed by atoms with Crippen LogP contribution in [0.3, 0.4) is 0 Å². The van der Waals surface area contributed by atoms with E-state index in [9.17, 15) is 22.0 Å². The van der Waals surface area contributed by atoms with E-state index in [0.717, 1.165) is 17.0 Å². The zero-order valence-corrected chi connectivity index (χ0v) is 13.7. The molecule has 9 heteroatoms. The predicted octanol–water partition coefficient (Wildman–Crippen LogP) is 2.68. The lowest BCUT2D eigenvalue weighted by molar-refractivity contribution is -0.142. The number of benzene rings is 1. The molecule has 0 aliphatic carbocycles. The molecule has 24 heavy (non-hydrogen) atoms. The van der Waals surface area contributed by atoms with E-state index in [1.54, 1.807) is 6.92 Å². The second-order valence-corrected chi connectivity index (χ2v) is 5.39. The lowest BCUT2D eigenvalue weighted by Crippen LogP contribution is -2.43. The number of nitrogens with one attached hydrogen (secondary N) is 2. The number of nitrogens with zero attached hydrogens (tertiary/aromatic N) is 2. The fourth-order valence-corrected chi connectivity index (χ4v) is 2.02. The quantitative estimate of drug-likeness (QED) is 0.470. The van der Waals surface area contributed by atoms with Crippen molar-refractivity contribution >= 4 is 5.96 Å². The molecule has 1 aromatic rings. The molecule has 0 heterocycles. The molecule has 0 amide bonds. The van der Waals surface area contributed by atoms with Gasteiger partial charge in [0.2, 0.25) is 0 Å². The standard InChI is InChI=1S/C15H21F5N4/c1-10(11-4-5-12(16)13(17)8-11)23-14(21-2)22-6-7-24(3)9-15(18,19)20/h4-5,8,10H,6-7,9H2,1-3H3,(H2,21,22,23). The van der Waals surface area contributed by atoms with Gasteiger partial charge in [-0.3, -0.25) is 9.89 Å². The van der Waals surface area contributed by atoms with Crippen LogP contribution in [0.5, 0.6) is 0 Å². The van der Waals surface area contributed by atoms with Gasteiger partial charge in [-0.25, -0.2) is 8.78 Å². The molecular formula is C15H21F5N4. The molecule has 1 aromatic carbocycles. The minimum Gasteiger partial charge on any atom is -0.355 e. The predicted molar refractivity (Wildman–Crippen MR) is 82.8 cm³/mol. The van der Waals surface area contributed by atoms with Gasteiger partial charge in [0.15, 0.2) is 17.6 Å². The molecule has 1 atom stereocenters. The Kier molecular flexibility index (Phi) is 7.40. The fourth-order valence-electron chi connectivity index (χ4n) is 2.02. The molecule has 0 saturated heterocycles. The highest BCUT2D eigenvalue weighted by atomic mass is 19.4. The molecule has 1 rings (SSSR count). The first kappa shape index (κ1) is 20.1. The summed E-state index contributed by atoms with van der Waals surface area (Å²) in [6.07, 6.45) is -4.24. The smallest absolute Gasteiger partial charge is 0.355 e. The van der Waals surface area contributed by atoms with E-state index in [0.29, 0.717) is 11.5 Å². The van der Waals surface area contributed by atoms with Gasteiger partial charge in [-0.15, -0.1) is 0 Å². The van der Waals surface area contributed by atoms with Crippen LogP contribution in [0.25, 0.3) is 0 Å². The van der Waals surface area contributed by atoms with Gasteiger partial charge in [-0.1, -0.05) is 6.07 Å². The Bertz CT molecular complexity index is 559. The summed E-state index contributed by atoms with van der Waals surface area (Å²) in [6, 6.07) is 3.20. The third kappa shape index (κ3) is 7.12. The van der Waals surface area contributed by atoms with Crippen molar-refractivity contribution in [3.8, 4) is 0 Å². The summed E-state index contributed by atoms with van der Waals surface area (Å²) >= 11 is 0. The van der Waals surface area contributed by atoms with Crippen LogP contribution < -0.4 is 10.6 Å². The van der Waals surface area contributed by atoms with Crippen LogP contribution in [-0.2, 0) is 0 Å². The van der Waals surface area contributed by atoms with E-state index in [2.05, 4.69) is 15.6 Å². The van der Waals surface area contributed by atoms with E-state index in [-0.39, 0.29) is 19.1 Å². The van der Waals surface area contributed by atoms with Crippen LogP contribution in [0, 0.1) is 11.6 Å². The number of hydrogen-bond donors (Lipinski definition) is 2. The first-order valence-corrected chi connectivity index (χ1v) is 7.30. The van der Waals surface area contributed by atoms with E-state index in [1.165, 1.54) is 20.2 Å². The highest BCUT2D eigenvalue weighted by Gasteiger charge is 2.28. The number of halogens is 5. The molecule has 0 aliphatic rings. The van der Waals surface area contributed by atoms with Gasteiger partial charge < -0.3 is 10.6 Å². The maximum atomic E-state index is 13.2. The number of hydrogen-bond acceptors (Lipinski definition) is 2. The maximum absolute atomic E-state index is 13.2. The first-order chi connectivity index (χ1) is 11.1. The Morgan fingerprint density at radius 3 is 2.46 bits per heavy atom. The highest BCUT2D eigenvalue weighted by Crippen LogP contribution is 2.16. The summed E-state index contributed by atoms with van der Waals surface area (Å²) in [5, 5.41) is 5.84. The van der Waals surface area contributed by atoms with Crippen molar-refractivity contribution in [1.82, 2.24) is 15.5 Å². The summed E-state index contributed by atoms with van der Waals surface area (Å²) in [4.78, 5) is 5.09. The summed E-state index contributed by atoms with van der Waals surface area (Å²) < 4.78 is 62.8. The van der Waals surface area contributed by atoms with Crippen LogP contribution in [0.1, 0.15) is 18.5 Å². The number of aliphatic imine (C=N–C) groups is 1. The first-order valence-electron chi connectivity index (χ1n) is 7.30. The normalized spacial score (nSPS) is 14.0. The summed E-state index contributed by atoms with van der Waals surface area (Å²) in [7, 11) is 2.88. The average molecular weight is 352 g/mol. The van der Waals surface area contributed by atoms with Gasteiger partial charge >= 0.3 is 6.18 Å². The molecule has 1 unspecified atom stereocenters. The minimum absolute atomic E-state index is 0.166. The molecule has 0 radical (unpaired) electrons. The van der Waals surface area contributed by atoms with Crippen LogP contribution in [0.2, 0.25) is 0 Å². The van der Waals surface area contributed by atoms with Gasteiger partial charge in [0.1, 0.15) is 0 Å². The Balaban J connectivity index is 2.48. The van der Waals surface area contributed by atoms with E-state index < -0.39 is 24.4 Å². The van der Waals surface area contributed by atoms with Crippen molar-refractivity contribution in [3.05, 3.63) is 35.4 Å². The van der Waals surface area contributed by atoms with Crippen molar-refractivity contribution in [1.29, 1.82) is 0 Å². The van der Waals surface area contributed by atoms with Gasteiger partial charge in [-0.2, -0.15) is 13.2 Å². The van der Waals surface area contributed by atoms with Crippen LogP contribution in [-0.4, -0.2) is 50.8 Å². The third-order valence-electron chi connectivity index (χ3n) is 3.26. The molecule has 4 nitrogen and oxygen atoms in total. The molecule has 0 spiro atoms. The van der Waals surface area contributed by atoms with Crippen LogP contribution in [0.4, 0.5) is 22.0 Å². The van der Waals surface area contributed by atoms with Gasteiger partial charge in [-0.05, 0) is 31.7 Å². The summed E-state index contributed by atoms with van der Waals surface area (Å²) in [5.41, 5.74) is 0.519. The van der Waals surface area contributed by atoms with Crippen molar-refractivity contribution in [2.45, 2.75) is 19.1 Å².